The first kappa shape index (κ1) is 32.2. The average molecular weight is 624 g/mol. The number of fused-ring (bicyclic) bond motifs is 5. The lowest BCUT2D eigenvalue weighted by molar-refractivity contribution is 1.19. The number of benzene rings is 6. The Labute approximate surface area is 283 Å². The van der Waals surface area contributed by atoms with Crippen molar-refractivity contribution in [2.24, 2.45) is 5.73 Å². The monoisotopic (exact) mass is 623 g/mol. The second-order valence-electron chi connectivity index (χ2n) is 11.9. The predicted molar refractivity (Wildman–Crippen MR) is 210 cm³/mol. The Kier molecular flexibility index (Phi) is 9.33. The van der Waals surface area contributed by atoms with Gasteiger partial charge >= 0.3 is 0 Å². The molecule has 7 aromatic rings. The summed E-state index contributed by atoms with van der Waals surface area (Å²) in [6.07, 6.45) is 6.05. The molecule has 0 bridgehead atoms. The molecule has 0 atom stereocenters. The van der Waals surface area contributed by atoms with E-state index >= 15 is 0 Å². The standard InChI is InChI=1S/C44H36N2.CH5N/c1-5-13-29(2)36-16-9-11-18-38(36)32-20-23-40-33(27-32)22-25-42-41-24-21-34(39-19-12-10-17-37(39)30(3)26-31(4)45)28-43(41)46(44(40)42)35-14-7-6-8-15-35;1-2/h5-28,45H,2H2,1,3-4H3;2H2,1H3/b13-5-,30-26+,45-31?;. The Hall–Kier alpha value is -5.77. The molecular formula is C45H41N3. The van der Waals surface area contributed by atoms with Gasteiger partial charge in [0.15, 0.2) is 0 Å². The van der Waals surface area contributed by atoms with Crippen LogP contribution >= 0.6 is 0 Å². The zero-order valence-electron chi connectivity index (χ0n) is 28.1. The van der Waals surface area contributed by atoms with Crippen LogP contribution in [0, 0.1) is 5.41 Å². The number of hydrogen-bond acceptors (Lipinski definition) is 2. The summed E-state index contributed by atoms with van der Waals surface area (Å²) < 4.78 is 2.42. The van der Waals surface area contributed by atoms with Crippen LogP contribution in [0.4, 0.5) is 0 Å². The molecule has 0 amide bonds. The van der Waals surface area contributed by atoms with Crippen LogP contribution in [0.2, 0.25) is 0 Å². The largest absolute Gasteiger partial charge is 0.333 e. The van der Waals surface area contributed by atoms with E-state index in [1.165, 1.54) is 50.8 Å². The molecule has 3 N–H and O–H groups in total. The maximum Gasteiger partial charge on any atom is 0.0619 e. The number of nitrogens with zero attached hydrogens (tertiary/aromatic N) is 1. The van der Waals surface area contributed by atoms with Gasteiger partial charge in [-0.15, -0.1) is 0 Å². The predicted octanol–water partition coefficient (Wildman–Crippen LogP) is 11.9. The van der Waals surface area contributed by atoms with Crippen LogP contribution in [0.3, 0.4) is 0 Å². The molecule has 6 aromatic carbocycles. The topological polar surface area (TPSA) is 54.8 Å². The molecule has 236 valence electrons. The van der Waals surface area contributed by atoms with Crippen LogP contribution in [0.1, 0.15) is 31.9 Å². The van der Waals surface area contributed by atoms with Crippen LogP contribution in [0.5, 0.6) is 0 Å². The first-order valence-corrected chi connectivity index (χ1v) is 16.3. The summed E-state index contributed by atoms with van der Waals surface area (Å²) in [5, 5.41) is 12.9. The fourth-order valence-corrected chi connectivity index (χ4v) is 6.80. The molecule has 0 fully saturated rings. The summed E-state index contributed by atoms with van der Waals surface area (Å²) >= 11 is 0. The van der Waals surface area contributed by atoms with Gasteiger partial charge < -0.3 is 15.7 Å². The maximum atomic E-state index is 8.03. The first-order valence-electron chi connectivity index (χ1n) is 16.3. The van der Waals surface area contributed by atoms with E-state index in [2.05, 4.69) is 157 Å². The van der Waals surface area contributed by atoms with Crippen molar-refractivity contribution in [3.8, 4) is 27.9 Å². The van der Waals surface area contributed by atoms with E-state index in [0.29, 0.717) is 5.71 Å². The Bertz CT molecular complexity index is 2370. The van der Waals surface area contributed by atoms with Crippen LogP contribution in [-0.4, -0.2) is 17.3 Å². The molecule has 0 aliphatic rings. The van der Waals surface area contributed by atoms with Gasteiger partial charge in [-0.1, -0.05) is 122 Å². The number of rotatable bonds is 7. The van der Waals surface area contributed by atoms with Gasteiger partial charge in [-0.2, -0.15) is 0 Å². The van der Waals surface area contributed by atoms with E-state index in [0.717, 1.165) is 39.1 Å². The lowest BCUT2D eigenvalue weighted by Gasteiger charge is -2.14. The van der Waals surface area contributed by atoms with Gasteiger partial charge in [0.05, 0.1) is 11.0 Å². The zero-order chi connectivity index (χ0) is 33.8. The smallest absolute Gasteiger partial charge is 0.0619 e. The fourth-order valence-electron chi connectivity index (χ4n) is 6.80. The Balaban J connectivity index is 0.00000197. The lowest BCUT2D eigenvalue weighted by atomic mass is 9.93. The van der Waals surface area contributed by atoms with Crippen molar-refractivity contribution in [2.75, 3.05) is 7.05 Å². The van der Waals surface area contributed by atoms with Gasteiger partial charge in [-0.25, -0.2) is 0 Å². The van der Waals surface area contributed by atoms with Crippen LogP contribution in [0.25, 0.3) is 71.7 Å². The molecule has 0 aliphatic carbocycles. The van der Waals surface area contributed by atoms with Gasteiger partial charge in [-0.3, -0.25) is 0 Å². The van der Waals surface area contributed by atoms with E-state index in [1.807, 2.05) is 26.0 Å². The molecule has 7 rings (SSSR count). The van der Waals surface area contributed by atoms with Crippen molar-refractivity contribution < 1.29 is 0 Å². The number of hydrogen-bond donors (Lipinski definition) is 2. The van der Waals surface area contributed by atoms with Gasteiger partial charge in [-0.05, 0) is 108 Å². The van der Waals surface area contributed by atoms with Crippen LogP contribution in [-0.2, 0) is 0 Å². The summed E-state index contributed by atoms with van der Waals surface area (Å²) in [7, 11) is 1.50. The summed E-state index contributed by atoms with van der Waals surface area (Å²) in [5.74, 6) is 0. The molecule has 0 saturated heterocycles. The normalized spacial score (nSPS) is 11.6. The molecule has 1 aromatic heterocycles. The average Bonchev–Trinajstić information content (AvgIpc) is 3.46. The third-order valence-corrected chi connectivity index (χ3v) is 8.81. The maximum absolute atomic E-state index is 8.03. The van der Waals surface area contributed by atoms with Crippen molar-refractivity contribution in [2.45, 2.75) is 20.8 Å². The van der Waals surface area contributed by atoms with E-state index < -0.39 is 0 Å². The molecule has 0 saturated carbocycles. The molecule has 1 heterocycles. The number of nitrogens with one attached hydrogen (secondary N) is 1. The van der Waals surface area contributed by atoms with E-state index in [9.17, 15) is 0 Å². The minimum Gasteiger partial charge on any atom is -0.333 e. The number of allylic oxidation sites excluding steroid dienone is 5. The van der Waals surface area contributed by atoms with Gasteiger partial charge in [0, 0.05) is 27.6 Å². The third kappa shape index (κ3) is 5.92. The quantitative estimate of drug-likeness (QED) is 0.135. The highest BCUT2D eigenvalue weighted by atomic mass is 15.0. The molecular weight excluding hydrogens is 583 g/mol. The number of aromatic nitrogens is 1. The first-order chi connectivity index (χ1) is 23.4. The van der Waals surface area contributed by atoms with Crippen molar-refractivity contribution in [1.82, 2.24) is 4.57 Å². The van der Waals surface area contributed by atoms with Crippen LogP contribution in [0.15, 0.2) is 152 Å². The minimum atomic E-state index is 0.549. The summed E-state index contributed by atoms with van der Waals surface area (Å²) in [4.78, 5) is 0. The van der Waals surface area contributed by atoms with E-state index in [1.54, 1.807) is 0 Å². The molecule has 0 unspecified atom stereocenters. The zero-order valence-corrected chi connectivity index (χ0v) is 28.1. The Morgan fingerprint density at radius 3 is 1.94 bits per heavy atom. The third-order valence-electron chi connectivity index (χ3n) is 8.81. The second kappa shape index (κ2) is 13.9. The lowest BCUT2D eigenvalue weighted by Crippen LogP contribution is -1.95. The molecule has 3 heteroatoms. The van der Waals surface area contributed by atoms with Crippen LogP contribution < -0.4 is 5.73 Å². The van der Waals surface area contributed by atoms with Gasteiger partial charge in [0.25, 0.3) is 0 Å². The summed E-state index contributed by atoms with van der Waals surface area (Å²) in [6, 6.07) is 45.9. The molecule has 3 nitrogen and oxygen atoms in total. The van der Waals surface area contributed by atoms with Gasteiger partial charge in [0.1, 0.15) is 0 Å². The highest BCUT2D eigenvalue weighted by Gasteiger charge is 2.18. The molecule has 0 radical (unpaired) electrons. The molecule has 0 spiro atoms. The number of para-hydroxylation sites is 1. The SMILES string of the molecule is C=C(/C=C\C)c1ccccc1-c1ccc2c(ccc3c4ccc(-c5ccccc5/C(C)=C/C(C)=N)cc4n(-c4ccccc4)c23)c1.CN. The fraction of sp³-hybridized carbons (Fsp3) is 0.0889. The molecule has 48 heavy (non-hydrogen) atoms. The van der Waals surface area contributed by atoms with E-state index in [-0.39, 0.29) is 0 Å². The van der Waals surface area contributed by atoms with Crippen molar-refractivity contribution in [1.29, 1.82) is 5.41 Å². The molecule has 0 aliphatic heterocycles. The highest BCUT2D eigenvalue weighted by Crippen LogP contribution is 2.40. The van der Waals surface area contributed by atoms with Crippen molar-refractivity contribution >= 4 is 49.4 Å². The Morgan fingerprint density at radius 2 is 1.25 bits per heavy atom. The van der Waals surface area contributed by atoms with Gasteiger partial charge in [0.2, 0.25) is 0 Å². The van der Waals surface area contributed by atoms with Crippen molar-refractivity contribution in [3.05, 3.63) is 163 Å². The summed E-state index contributed by atoms with van der Waals surface area (Å²) in [5.41, 5.74) is 17.6. The van der Waals surface area contributed by atoms with E-state index in [4.69, 9.17) is 5.41 Å². The van der Waals surface area contributed by atoms with Crippen molar-refractivity contribution in [3.63, 3.8) is 0 Å². The number of nitrogens with two attached hydrogens (primary N) is 1. The highest BCUT2D eigenvalue weighted by molar-refractivity contribution is 6.19. The minimum absolute atomic E-state index is 0.549. The second-order valence-corrected chi connectivity index (χ2v) is 11.9. The Morgan fingerprint density at radius 1 is 0.667 bits per heavy atom. The summed E-state index contributed by atoms with van der Waals surface area (Å²) in [6.45, 7) is 10.3.